The Balaban J connectivity index is 1.66. The van der Waals surface area contributed by atoms with Crippen molar-refractivity contribution in [1.29, 1.82) is 0 Å². The Morgan fingerprint density at radius 1 is 1.37 bits per heavy atom. The van der Waals surface area contributed by atoms with Crippen LogP contribution in [0, 0.1) is 5.92 Å². The molecule has 110 valence electrons. The molecule has 1 heterocycles. The van der Waals surface area contributed by atoms with Crippen LogP contribution in [0.1, 0.15) is 47.0 Å². The Morgan fingerprint density at radius 3 is 2.63 bits per heavy atom. The first-order chi connectivity index (χ1) is 8.85. The van der Waals surface area contributed by atoms with E-state index >= 15 is 0 Å². The summed E-state index contributed by atoms with van der Waals surface area (Å²) in [5.74, 6) is 0.537. The summed E-state index contributed by atoms with van der Waals surface area (Å²) in [5, 5.41) is 3.33. The van der Waals surface area contributed by atoms with E-state index in [-0.39, 0.29) is 12.0 Å². The lowest BCUT2D eigenvalue weighted by Gasteiger charge is -2.23. The van der Waals surface area contributed by atoms with E-state index in [0.29, 0.717) is 5.92 Å². The number of nitrogens with zero attached hydrogens (tertiary/aromatic N) is 1. The number of carbonyl (C=O) groups excluding carboxylic acids is 1. The van der Waals surface area contributed by atoms with E-state index in [0.717, 1.165) is 12.6 Å². The lowest BCUT2D eigenvalue weighted by atomic mass is 10.1. The van der Waals surface area contributed by atoms with Crippen LogP contribution < -0.4 is 5.32 Å². The summed E-state index contributed by atoms with van der Waals surface area (Å²) < 4.78 is 5.37. The van der Waals surface area contributed by atoms with Crippen LogP contribution in [0.2, 0.25) is 0 Å². The highest BCUT2D eigenvalue weighted by molar-refractivity contribution is 5.75. The Kier molecular flexibility index (Phi) is 4.51. The van der Waals surface area contributed by atoms with Gasteiger partial charge in [0.1, 0.15) is 11.6 Å². The average Bonchev–Trinajstić information content (AvgIpc) is 3.04. The number of rotatable bonds is 5. The molecule has 2 rings (SSSR count). The van der Waals surface area contributed by atoms with Crippen LogP contribution in [-0.4, -0.2) is 48.2 Å². The first kappa shape index (κ1) is 14.8. The second-order valence-corrected chi connectivity index (χ2v) is 7.04. The van der Waals surface area contributed by atoms with Gasteiger partial charge in [-0.2, -0.15) is 0 Å². The summed E-state index contributed by atoms with van der Waals surface area (Å²) >= 11 is 0. The zero-order chi connectivity index (χ0) is 14.0. The van der Waals surface area contributed by atoms with E-state index in [2.05, 4.69) is 10.2 Å². The Labute approximate surface area is 116 Å². The molecule has 0 spiro atoms. The summed E-state index contributed by atoms with van der Waals surface area (Å²) in [4.78, 5) is 14.5. The fourth-order valence-electron chi connectivity index (χ4n) is 2.62. The maximum absolute atomic E-state index is 11.9. The number of carbonyl (C=O) groups is 1. The first-order valence-corrected chi connectivity index (χ1v) is 7.55. The molecule has 0 aromatic heterocycles. The minimum Gasteiger partial charge on any atom is -0.459 e. The van der Waals surface area contributed by atoms with Gasteiger partial charge in [0, 0.05) is 19.1 Å². The number of esters is 1. The van der Waals surface area contributed by atoms with E-state index in [9.17, 15) is 4.79 Å². The van der Waals surface area contributed by atoms with Gasteiger partial charge < -0.3 is 15.0 Å². The van der Waals surface area contributed by atoms with Crippen molar-refractivity contribution in [3.63, 3.8) is 0 Å². The third kappa shape index (κ3) is 4.77. The van der Waals surface area contributed by atoms with E-state index in [4.69, 9.17) is 4.74 Å². The van der Waals surface area contributed by atoms with Crippen LogP contribution in [0.4, 0.5) is 0 Å². The van der Waals surface area contributed by atoms with Crippen molar-refractivity contribution in [1.82, 2.24) is 10.2 Å². The molecule has 0 amide bonds. The number of hydrogen-bond acceptors (Lipinski definition) is 4. The van der Waals surface area contributed by atoms with Crippen LogP contribution in [0.25, 0.3) is 0 Å². The lowest BCUT2D eigenvalue weighted by Crippen LogP contribution is -2.41. The van der Waals surface area contributed by atoms with Crippen LogP contribution in [0.5, 0.6) is 0 Å². The van der Waals surface area contributed by atoms with Crippen molar-refractivity contribution in [2.45, 2.75) is 64.6 Å². The van der Waals surface area contributed by atoms with Crippen molar-refractivity contribution in [2.24, 2.45) is 5.92 Å². The van der Waals surface area contributed by atoms with Crippen molar-refractivity contribution in [3.8, 4) is 0 Å². The molecule has 1 aliphatic heterocycles. The molecule has 0 bridgehead atoms. The van der Waals surface area contributed by atoms with Crippen molar-refractivity contribution < 1.29 is 9.53 Å². The fourth-order valence-corrected chi connectivity index (χ4v) is 2.62. The fraction of sp³-hybridized carbons (Fsp3) is 0.933. The Bertz CT molecular complexity index is 321. The molecule has 0 radical (unpaired) electrons. The molecule has 2 unspecified atom stereocenters. The molecule has 1 N–H and O–H groups in total. The normalized spacial score (nSPS) is 26.4. The van der Waals surface area contributed by atoms with Gasteiger partial charge in [0.2, 0.25) is 0 Å². The topological polar surface area (TPSA) is 41.6 Å². The number of ether oxygens (including phenoxy) is 1. The van der Waals surface area contributed by atoms with Crippen molar-refractivity contribution in [2.75, 3.05) is 19.6 Å². The van der Waals surface area contributed by atoms with Gasteiger partial charge in [-0.3, -0.25) is 4.79 Å². The van der Waals surface area contributed by atoms with Crippen molar-refractivity contribution in [3.05, 3.63) is 0 Å². The second kappa shape index (κ2) is 5.80. The molecule has 1 saturated heterocycles. The summed E-state index contributed by atoms with van der Waals surface area (Å²) in [6, 6.07) is 0.655. The molecule has 1 aliphatic carbocycles. The van der Waals surface area contributed by atoms with Gasteiger partial charge in [-0.15, -0.1) is 0 Å². The highest BCUT2D eigenvalue weighted by Gasteiger charge is 2.34. The SMILES string of the molecule is CC(NCC1CCN(C2CC2)C1)C(=O)OC(C)(C)C. The van der Waals surface area contributed by atoms with E-state index in [1.54, 1.807) is 0 Å². The Morgan fingerprint density at radius 2 is 2.05 bits per heavy atom. The largest absolute Gasteiger partial charge is 0.459 e. The molecule has 0 aromatic carbocycles. The standard InChI is InChI=1S/C15H28N2O2/c1-11(14(18)19-15(2,3)4)16-9-12-7-8-17(10-12)13-5-6-13/h11-13,16H,5-10H2,1-4H3. The monoisotopic (exact) mass is 268 g/mol. The third-order valence-electron chi connectivity index (χ3n) is 3.85. The molecule has 19 heavy (non-hydrogen) atoms. The molecule has 2 aliphatic rings. The quantitative estimate of drug-likeness (QED) is 0.772. The molecule has 2 fully saturated rings. The van der Waals surface area contributed by atoms with Gasteiger partial charge in [-0.25, -0.2) is 0 Å². The minimum atomic E-state index is -0.400. The van der Waals surface area contributed by atoms with E-state index in [1.165, 1.54) is 32.4 Å². The van der Waals surface area contributed by atoms with E-state index < -0.39 is 5.60 Å². The first-order valence-electron chi connectivity index (χ1n) is 7.55. The van der Waals surface area contributed by atoms with Crippen molar-refractivity contribution >= 4 is 5.97 Å². The smallest absolute Gasteiger partial charge is 0.323 e. The van der Waals surface area contributed by atoms with E-state index in [1.807, 2.05) is 27.7 Å². The van der Waals surface area contributed by atoms with Gasteiger partial charge >= 0.3 is 5.97 Å². The molecular weight excluding hydrogens is 240 g/mol. The maximum Gasteiger partial charge on any atom is 0.323 e. The summed E-state index contributed by atoms with van der Waals surface area (Å²) in [6.45, 7) is 11.0. The summed E-state index contributed by atoms with van der Waals surface area (Å²) in [5.41, 5.74) is -0.400. The maximum atomic E-state index is 11.9. The average molecular weight is 268 g/mol. The molecule has 4 nitrogen and oxygen atoms in total. The van der Waals surface area contributed by atoms with Crippen LogP contribution in [-0.2, 0) is 9.53 Å². The molecule has 4 heteroatoms. The highest BCUT2D eigenvalue weighted by atomic mass is 16.6. The van der Waals surface area contributed by atoms with Crippen LogP contribution in [0.15, 0.2) is 0 Å². The number of nitrogens with one attached hydrogen (secondary N) is 1. The van der Waals surface area contributed by atoms with Gasteiger partial charge in [0.05, 0.1) is 0 Å². The highest BCUT2D eigenvalue weighted by Crippen LogP contribution is 2.31. The zero-order valence-electron chi connectivity index (χ0n) is 12.7. The summed E-state index contributed by atoms with van der Waals surface area (Å²) in [7, 11) is 0. The van der Waals surface area contributed by atoms with Gasteiger partial charge in [0.15, 0.2) is 0 Å². The predicted octanol–water partition coefficient (Wildman–Crippen LogP) is 1.79. The molecular formula is C15H28N2O2. The number of hydrogen-bond donors (Lipinski definition) is 1. The van der Waals surface area contributed by atoms with Crippen LogP contribution in [0.3, 0.4) is 0 Å². The molecule has 0 aromatic rings. The van der Waals surface area contributed by atoms with Crippen LogP contribution >= 0.6 is 0 Å². The third-order valence-corrected chi connectivity index (χ3v) is 3.85. The molecule has 2 atom stereocenters. The number of likely N-dealkylation sites (tertiary alicyclic amines) is 1. The van der Waals surface area contributed by atoms with Gasteiger partial charge in [-0.05, 0) is 59.4 Å². The summed E-state index contributed by atoms with van der Waals surface area (Å²) in [6.07, 6.45) is 4.02. The predicted molar refractivity (Wildman–Crippen MR) is 76.0 cm³/mol. The van der Waals surface area contributed by atoms with Gasteiger partial charge in [0.25, 0.3) is 0 Å². The molecule has 1 saturated carbocycles. The Hall–Kier alpha value is -0.610. The minimum absolute atomic E-state index is 0.149. The zero-order valence-corrected chi connectivity index (χ0v) is 12.7. The van der Waals surface area contributed by atoms with Gasteiger partial charge in [-0.1, -0.05) is 0 Å². The second-order valence-electron chi connectivity index (χ2n) is 7.04. The lowest BCUT2D eigenvalue weighted by molar-refractivity contribution is -0.157.